The fourth-order valence-electron chi connectivity index (χ4n) is 2.36. The Morgan fingerprint density at radius 3 is 2.82 bits per heavy atom. The molecule has 1 atom stereocenters. The van der Waals surface area contributed by atoms with E-state index in [2.05, 4.69) is 39.7 Å². The zero-order valence-corrected chi connectivity index (χ0v) is 11.8. The van der Waals surface area contributed by atoms with E-state index in [9.17, 15) is 4.79 Å². The molecule has 1 aliphatic heterocycles. The minimum absolute atomic E-state index is 0.432. The summed E-state index contributed by atoms with van der Waals surface area (Å²) in [6.07, 6.45) is 0.937. The van der Waals surface area contributed by atoms with Gasteiger partial charge in [0.2, 0.25) is 0 Å². The number of aldehydes is 1. The quantitative estimate of drug-likeness (QED) is 0.783. The number of piperazine rings is 1. The molecule has 1 heterocycles. The van der Waals surface area contributed by atoms with Gasteiger partial charge in [0.25, 0.3) is 0 Å². The second-order valence-corrected chi connectivity index (χ2v) is 5.54. The Hall–Kier alpha value is -0.870. The molecule has 2 rings (SSSR count). The van der Waals surface area contributed by atoms with Crippen molar-refractivity contribution in [3.63, 3.8) is 0 Å². The summed E-state index contributed by atoms with van der Waals surface area (Å²) >= 11 is 3.47. The maximum atomic E-state index is 11.1. The van der Waals surface area contributed by atoms with E-state index in [0.717, 1.165) is 41.6 Å². The number of hydrogen-bond acceptors (Lipinski definition) is 3. The van der Waals surface area contributed by atoms with E-state index in [-0.39, 0.29) is 0 Å². The first-order chi connectivity index (χ1) is 8.11. The number of halogens is 1. The Morgan fingerprint density at radius 2 is 2.18 bits per heavy atom. The molecule has 92 valence electrons. The molecule has 0 radical (unpaired) electrons. The third kappa shape index (κ3) is 2.69. The molecular weight excluding hydrogens is 280 g/mol. The SMILES string of the molecule is CC1CN(C)CCN1c1cc(Br)ccc1C=O. The van der Waals surface area contributed by atoms with Crippen LogP contribution in [-0.2, 0) is 0 Å². The lowest BCUT2D eigenvalue weighted by Gasteiger charge is -2.40. The number of carbonyl (C=O) groups is 1. The fourth-order valence-corrected chi connectivity index (χ4v) is 2.71. The maximum absolute atomic E-state index is 11.1. The standard InChI is InChI=1S/C13H17BrN2O/c1-10-8-15(2)5-6-16(10)13-7-12(14)4-3-11(13)9-17/h3-4,7,9-10H,5-6,8H2,1-2H3. The first-order valence-electron chi connectivity index (χ1n) is 5.81. The number of carbonyl (C=O) groups excluding carboxylic acids is 1. The summed E-state index contributed by atoms with van der Waals surface area (Å²) in [5.41, 5.74) is 1.81. The molecule has 1 aromatic rings. The van der Waals surface area contributed by atoms with Crippen LogP contribution >= 0.6 is 15.9 Å². The molecule has 1 unspecified atom stereocenters. The largest absolute Gasteiger partial charge is 0.366 e. The zero-order valence-electron chi connectivity index (χ0n) is 10.2. The number of rotatable bonds is 2. The van der Waals surface area contributed by atoms with Gasteiger partial charge in [-0.15, -0.1) is 0 Å². The third-order valence-electron chi connectivity index (χ3n) is 3.26. The molecule has 0 aromatic heterocycles. The van der Waals surface area contributed by atoms with Crippen molar-refractivity contribution in [2.24, 2.45) is 0 Å². The van der Waals surface area contributed by atoms with Crippen LogP contribution in [0.4, 0.5) is 5.69 Å². The van der Waals surface area contributed by atoms with Crippen LogP contribution in [0.5, 0.6) is 0 Å². The summed E-state index contributed by atoms with van der Waals surface area (Å²) in [4.78, 5) is 15.7. The average Bonchev–Trinajstić information content (AvgIpc) is 2.29. The Labute approximate surface area is 111 Å². The highest BCUT2D eigenvalue weighted by molar-refractivity contribution is 9.10. The summed E-state index contributed by atoms with van der Waals surface area (Å²) in [5.74, 6) is 0. The Bertz CT molecular complexity index is 422. The Kier molecular flexibility index (Phi) is 3.84. The van der Waals surface area contributed by atoms with Crippen LogP contribution in [0, 0.1) is 0 Å². The van der Waals surface area contributed by atoms with Gasteiger partial charge in [0.1, 0.15) is 0 Å². The summed E-state index contributed by atoms with van der Waals surface area (Å²) in [5, 5.41) is 0. The summed E-state index contributed by atoms with van der Waals surface area (Å²) in [6.45, 7) is 5.24. The highest BCUT2D eigenvalue weighted by Crippen LogP contribution is 2.27. The van der Waals surface area contributed by atoms with Gasteiger partial charge >= 0.3 is 0 Å². The second kappa shape index (κ2) is 5.19. The van der Waals surface area contributed by atoms with Gasteiger partial charge in [-0.25, -0.2) is 0 Å². The summed E-state index contributed by atoms with van der Waals surface area (Å²) < 4.78 is 1.02. The monoisotopic (exact) mass is 296 g/mol. The zero-order chi connectivity index (χ0) is 12.4. The van der Waals surface area contributed by atoms with Crippen molar-refractivity contribution in [2.75, 3.05) is 31.6 Å². The normalized spacial score (nSPS) is 21.6. The molecule has 4 heteroatoms. The molecule has 0 saturated carbocycles. The molecule has 1 aliphatic rings. The van der Waals surface area contributed by atoms with Crippen LogP contribution in [0.1, 0.15) is 17.3 Å². The number of anilines is 1. The third-order valence-corrected chi connectivity index (χ3v) is 3.75. The van der Waals surface area contributed by atoms with E-state index in [1.165, 1.54) is 0 Å². The molecular formula is C13H17BrN2O. The van der Waals surface area contributed by atoms with Gasteiger partial charge in [-0.3, -0.25) is 4.79 Å². The van der Waals surface area contributed by atoms with Gasteiger partial charge in [0.05, 0.1) is 0 Å². The van der Waals surface area contributed by atoms with Crippen LogP contribution in [0.25, 0.3) is 0 Å². The first kappa shape index (κ1) is 12.6. The molecule has 1 saturated heterocycles. The molecule has 3 nitrogen and oxygen atoms in total. The average molecular weight is 297 g/mol. The molecule has 0 spiro atoms. The van der Waals surface area contributed by atoms with Crippen molar-refractivity contribution in [2.45, 2.75) is 13.0 Å². The minimum Gasteiger partial charge on any atom is -0.366 e. The number of benzene rings is 1. The Balaban J connectivity index is 2.32. The lowest BCUT2D eigenvalue weighted by molar-refractivity contribution is 0.112. The van der Waals surface area contributed by atoms with Crippen molar-refractivity contribution in [1.82, 2.24) is 4.90 Å². The van der Waals surface area contributed by atoms with Gasteiger partial charge in [-0.05, 0) is 32.2 Å². The molecule has 17 heavy (non-hydrogen) atoms. The highest BCUT2D eigenvalue weighted by atomic mass is 79.9. The van der Waals surface area contributed by atoms with Gasteiger partial charge in [-0.2, -0.15) is 0 Å². The van der Waals surface area contributed by atoms with Crippen LogP contribution < -0.4 is 4.90 Å². The van der Waals surface area contributed by atoms with Crippen molar-refractivity contribution in [3.8, 4) is 0 Å². The lowest BCUT2D eigenvalue weighted by Crippen LogP contribution is -2.50. The van der Waals surface area contributed by atoms with E-state index in [1.807, 2.05) is 18.2 Å². The summed E-state index contributed by atoms with van der Waals surface area (Å²) in [7, 11) is 2.13. The van der Waals surface area contributed by atoms with Crippen molar-refractivity contribution < 1.29 is 4.79 Å². The first-order valence-corrected chi connectivity index (χ1v) is 6.61. The van der Waals surface area contributed by atoms with Crippen molar-refractivity contribution in [1.29, 1.82) is 0 Å². The molecule has 1 fully saturated rings. The maximum Gasteiger partial charge on any atom is 0.152 e. The van der Waals surface area contributed by atoms with E-state index >= 15 is 0 Å². The molecule has 0 bridgehead atoms. The van der Waals surface area contributed by atoms with Gasteiger partial charge in [0, 0.05) is 41.4 Å². The predicted molar refractivity (Wildman–Crippen MR) is 73.8 cm³/mol. The van der Waals surface area contributed by atoms with Crippen molar-refractivity contribution in [3.05, 3.63) is 28.2 Å². The van der Waals surface area contributed by atoms with E-state index in [0.29, 0.717) is 6.04 Å². The van der Waals surface area contributed by atoms with Crippen LogP contribution in [0.15, 0.2) is 22.7 Å². The number of likely N-dealkylation sites (N-methyl/N-ethyl adjacent to an activating group) is 1. The highest BCUT2D eigenvalue weighted by Gasteiger charge is 2.23. The topological polar surface area (TPSA) is 23.6 Å². The van der Waals surface area contributed by atoms with E-state index in [1.54, 1.807) is 0 Å². The number of hydrogen-bond donors (Lipinski definition) is 0. The van der Waals surface area contributed by atoms with Crippen molar-refractivity contribution >= 4 is 27.9 Å². The molecule has 1 aromatic carbocycles. The molecule has 0 amide bonds. The van der Waals surface area contributed by atoms with Crippen LogP contribution in [0.3, 0.4) is 0 Å². The fraction of sp³-hybridized carbons (Fsp3) is 0.462. The van der Waals surface area contributed by atoms with Crippen LogP contribution in [-0.4, -0.2) is 43.9 Å². The summed E-state index contributed by atoms with van der Waals surface area (Å²) in [6, 6.07) is 6.25. The number of nitrogens with zero attached hydrogens (tertiary/aromatic N) is 2. The van der Waals surface area contributed by atoms with Gasteiger partial charge < -0.3 is 9.80 Å². The lowest BCUT2D eigenvalue weighted by atomic mass is 10.1. The van der Waals surface area contributed by atoms with Crippen LogP contribution in [0.2, 0.25) is 0 Å². The molecule has 0 N–H and O–H groups in total. The Morgan fingerprint density at radius 1 is 1.41 bits per heavy atom. The smallest absolute Gasteiger partial charge is 0.152 e. The minimum atomic E-state index is 0.432. The predicted octanol–water partition coefficient (Wildman–Crippen LogP) is 2.40. The van der Waals surface area contributed by atoms with Gasteiger partial charge in [-0.1, -0.05) is 15.9 Å². The van der Waals surface area contributed by atoms with E-state index in [4.69, 9.17) is 0 Å². The second-order valence-electron chi connectivity index (χ2n) is 4.63. The van der Waals surface area contributed by atoms with Gasteiger partial charge in [0.15, 0.2) is 6.29 Å². The molecule has 0 aliphatic carbocycles. The van der Waals surface area contributed by atoms with E-state index < -0.39 is 0 Å².